The largest absolute Gasteiger partial charge is 0.384 e. The van der Waals surface area contributed by atoms with Gasteiger partial charge in [-0.15, -0.1) is 0 Å². The summed E-state index contributed by atoms with van der Waals surface area (Å²) in [6, 6.07) is 10.8. The highest BCUT2D eigenvalue weighted by Gasteiger charge is 2.15. The lowest BCUT2D eigenvalue weighted by molar-refractivity contribution is 0.219. The minimum absolute atomic E-state index is 0.259. The molecule has 0 aliphatic heterocycles. The molecular weight excluding hydrogens is 276 g/mol. The molecule has 1 heterocycles. The van der Waals surface area contributed by atoms with Gasteiger partial charge in [0.1, 0.15) is 6.10 Å². The van der Waals surface area contributed by atoms with Crippen molar-refractivity contribution in [2.45, 2.75) is 13.0 Å². The molecule has 3 N–H and O–H groups in total. The Balaban J connectivity index is 2.09. The van der Waals surface area contributed by atoms with Crippen LogP contribution >= 0.6 is 11.6 Å². The number of H-pyrrole nitrogens is 2. The van der Waals surface area contributed by atoms with Gasteiger partial charge in [0.15, 0.2) is 0 Å². The third-order valence-corrected chi connectivity index (χ3v) is 3.87. The van der Waals surface area contributed by atoms with Crippen LogP contribution in [0.25, 0.3) is 11.0 Å². The molecule has 0 aliphatic rings. The summed E-state index contributed by atoms with van der Waals surface area (Å²) in [5.74, 6) is 0. The zero-order valence-electron chi connectivity index (χ0n) is 10.8. The van der Waals surface area contributed by atoms with E-state index in [2.05, 4.69) is 9.97 Å². The number of hydrogen-bond acceptors (Lipinski definition) is 2. The van der Waals surface area contributed by atoms with Crippen molar-refractivity contribution in [2.75, 3.05) is 0 Å². The Kier molecular flexibility index (Phi) is 3.12. The lowest BCUT2D eigenvalue weighted by Gasteiger charge is -2.15. The van der Waals surface area contributed by atoms with Gasteiger partial charge in [-0.2, -0.15) is 0 Å². The van der Waals surface area contributed by atoms with Gasteiger partial charge < -0.3 is 15.1 Å². The fourth-order valence-electron chi connectivity index (χ4n) is 2.32. The van der Waals surface area contributed by atoms with Gasteiger partial charge in [-0.25, -0.2) is 4.79 Å². The van der Waals surface area contributed by atoms with Crippen LogP contribution in [0, 0.1) is 6.92 Å². The Bertz CT molecular complexity index is 835. The van der Waals surface area contributed by atoms with E-state index in [4.69, 9.17) is 11.6 Å². The van der Waals surface area contributed by atoms with Crippen molar-refractivity contribution in [3.63, 3.8) is 0 Å². The number of halogens is 1. The van der Waals surface area contributed by atoms with E-state index in [0.29, 0.717) is 21.6 Å². The van der Waals surface area contributed by atoms with Crippen LogP contribution in [0.5, 0.6) is 0 Å². The first kappa shape index (κ1) is 13.0. The summed E-state index contributed by atoms with van der Waals surface area (Å²) >= 11 is 6.08. The van der Waals surface area contributed by atoms with Gasteiger partial charge in [-0.3, -0.25) is 0 Å². The van der Waals surface area contributed by atoms with Crippen LogP contribution < -0.4 is 5.69 Å². The van der Waals surface area contributed by atoms with Crippen molar-refractivity contribution < 1.29 is 5.11 Å². The molecule has 0 saturated heterocycles. The first-order chi connectivity index (χ1) is 9.56. The molecular formula is C15H13ClN2O2. The minimum atomic E-state index is -0.781. The Labute approximate surface area is 120 Å². The van der Waals surface area contributed by atoms with Crippen molar-refractivity contribution in [1.82, 2.24) is 9.97 Å². The van der Waals surface area contributed by atoms with Gasteiger partial charge in [0.05, 0.1) is 11.0 Å². The van der Waals surface area contributed by atoms with Gasteiger partial charge in [0, 0.05) is 5.02 Å². The smallest absolute Gasteiger partial charge is 0.323 e. The van der Waals surface area contributed by atoms with Crippen LogP contribution in [-0.2, 0) is 0 Å². The molecule has 3 aromatic rings. The SMILES string of the molecule is Cc1c(Cl)cccc1C(O)c1ccc2[nH]c(=O)[nH]c2c1. The molecule has 0 bridgehead atoms. The standard InChI is InChI=1S/C15H13ClN2O2/c1-8-10(3-2-4-11(8)16)14(19)9-5-6-12-13(7-9)18-15(20)17-12/h2-7,14,19H,1H3,(H2,17,18,20). The molecule has 1 aromatic heterocycles. The number of aliphatic hydroxyl groups excluding tert-OH is 1. The highest BCUT2D eigenvalue weighted by atomic mass is 35.5. The van der Waals surface area contributed by atoms with E-state index < -0.39 is 6.10 Å². The first-order valence-electron chi connectivity index (χ1n) is 6.21. The lowest BCUT2D eigenvalue weighted by Crippen LogP contribution is -2.02. The average Bonchev–Trinajstić information content (AvgIpc) is 2.80. The fourth-order valence-corrected chi connectivity index (χ4v) is 2.50. The summed E-state index contributed by atoms with van der Waals surface area (Å²) in [5.41, 5.74) is 3.45. The van der Waals surface area contributed by atoms with Crippen molar-refractivity contribution in [2.24, 2.45) is 0 Å². The van der Waals surface area contributed by atoms with Gasteiger partial charge in [-0.1, -0.05) is 29.8 Å². The van der Waals surface area contributed by atoms with Crippen molar-refractivity contribution in [1.29, 1.82) is 0 Å². The van der Waals surface area contributed by atoms with E-state index in [-0.39, 0.29) is 5.69 Å². The van der Waals surface area contributed by atoms with E-state index in [0.717, 1.165) is 11.1 Å². The Morgan fingerprint density at radius 1 is 1.15 bits per heavy atom. The molecule has 3 rings (SSSR count). The number of fused-ring (bicyclic) bond motifs is 1. The predicted octanol–water partition coefficient (Wildman–Crippen LogP) is 2.90. The number of rotatable bonds is 2. The van der Waals surface area contributed by atoms with Crippen molar-refractivity contribution >= 4 is 22.6 Å². The maximum atomic E-state index is 11.2. The predicted molar refractivity (Wildman–Crippen MR) is 79.2 cm³/mol. The molecule has 20 heavy (non-hydrogen) atoms. The monoisotopic (exact) mass is 288 g/mol. The fraction of sp³-hybridized carbons (Fsp3) is 0.133. The Hall–Kier alpha value is -2.04. The molecule has 1 unspecified atom stereocenters. The summed E-state index contributed by atoms with van der Waals surface area (Å²) in [7, 11) is 0. The molecule has 0 amide bonds. The topological polar surface area (TPSA) is 68.9 Å². The molecule has 0 radical (unpaired) electrons. The van der Waals surface area contributed by atoms with Gasteiger partial charge >= 0.3 is 5.69 Å². The second-order valence-electron chi connectivity index (χ2n) is 4.74. The Morgan fingerprint density at radius 2 is 1.90 bits per heavy atom. The summed E-state index contributed by atoms with van der Waals surface area (Å²) in [6.45, 7) is 1.87. The number of benzene rings is 2. The quantitative estimate of drug-likeness (QED) is 0.679. The Morgan fingerprint density at radius 3 is 2.70 bits per heavy atom. The number of imidazole rings is 1. The molecule has 0 spiro atoms. The molecule has 0 fully saturated rings. The second kappa shape index (κ2) is 4.81. The third-order valence-electron chi connectivity index (χ3n) is 3.46. The van der Waals surface area contributed by atoms with E-state index in [1.165, 1.54) is 0 Å². The van der Waals surface area contributed by atoms with E-state index in [9.17, 15) is 9.90 Å². The molecule has 102 valence electrons. The normalized spacial score (nSPS) is 12.8. The molecule has 1 atom stereocenters. The zero-order chi connectivity index (χ0) is 14.3. The summed E-state index contributed by atoms with van der Waals surface area (Å²) in [6.07, 6.45) is -0.781. The van der Waals surface area contributed by atoms with Crippen molar-refractivity contribution in [3.8, 4) is 0 Å². The molecule has 2 aromatic carbocycles. The number of aromatic amines is 2. The van der Waals surface area contributed by atoms with Crippen LogP contribution in [0.3, 0.4) is 0 Å². The van der Waals surface area contributed by atoms with Gasteiger partial charge in [0.25, 0.3) is 0 Å². The maximum Gasteiger partial charge on any atom is 0.323 e. The van der Waals surface area contributed by atoms with E-state index >= 15 is 0 Å². The summed E-state index contributed by atoms with van der Waals surface area (Å²) in [5, 5.41) is 11.1. The molecule has 5 heteroatoms. The van der Waals surface area contributed by atoms with Crippen LogP contribution in [0.1, 0.15) is 22.8 Å². The first-order valence-corrected chi connectivity index (χ1v) is 6.59. The third kappa shape index (κ3) is 2.13. The van der Waals surface area contributed by atoms with E-state index in [1.807, 2.05) is 19.1 Å². The summed E-state index contributed by atoms with van der Waals surface area (Å²) in [4.78, 5) is 16.6. The number of hydrogen-bond donors (Lipinski definition) is 3. The number of nitrogens with one attached hydrogen (secondary N) is 2. The number of aliphatic hydroxyl groups is 1. The van der Waals surface area contributed by atoms with Crippen LogP contribution in [0.2, 0.25) is 5.02 Å². The van der Waals surface area contributed by atoms with Gasteiger partial charge in [-0.05, 0) is 41.8 Å². The molecule has 0 aliphatic carbocycles. The minimum Gasteiger partial charge on any atom is -0.384 e. The highest BCUT2D eigenvalue weighted by molar-refractivity contribution is 6.31. The second-order valence-corrected chi connectivity index (χ2v) is 5.15. The van der Waals surface area contributed by atoms with Crippen molar-refractivity contribution in [3.05, 3.63) is 68.6 Å². The zero-order valence-corrected chi connectivity index (χ0v) is 11.5. The van der Waals surface area contributed by atoms with Crippen LogP contribution in [0.4, 0.5) is 0 Å². The highest BCUT2D eigenvalue weighted by Crippen LogP contribution is 2.29. The van der Waals surface area contributed by atoms with Crippen LogP contribution in [0.15, 0.2) is 41.2 Å². The molecule has 0 saturated carbocycles. The van der Waals surface area contributed by atoms with Crippen LogP contribution in [-0.4, -0.2) is 15.1 Å². The summed E-state index contributed by atoms with van der Waals surface area (Å²) < 4.78 is 0. The molecule has 4 nitrogen and oxygen atoms in total. The number of aromatic nitrogens is 2. The van der Waals surface area contributed by atoms with Gasteiger partial charge in [0.2, 0.25) is 0 Å². The average molecular weight is 289 g/mol. The maximum absolute atomic E-state index is 11.2. The van der Waals surface area contributed by atoms with E-state index in [1.54, 1.807) is 24.3 Å². The lowest BCUT2D eigenvalue weighted by atomic mass is 9.97.